The number of carboxylic acid groups (broad SMARTS) is 1. The highest BCUT2D eigenvalue weighted by atomic mass is 32.2. The Balaban J connectivity index is 2.75. The predicted molar refractivity (Wildman–Crippen MR) is 55.3 cm³/mol. The van der Waals surface area contributed by atoms with Crippen LogP contribution in [0.15, 0.2) is 15.7 Å². The van der Waals surface area contributed by atoms with Crippen molar-refractivity contribution in [2.75, 3.05) is 6.26 Å². The van der Waals surface area contributed by atoms with E-state index in [1.807, 2.05) is 17.7 Å². The summed E-state index contributed by atoms with van der Waals surface area (Å²) in [5.74, 6) is -0.856. The van der Waals surface area contributed by atoms with E-state index in [0.717, 1.165) is 9.77 Å². The summed E-state index contributed by atoms with van der Waals surface area (Å²) in [6.45, 7) is 0. The SMILES string of the molecule is CSc1sccc1C(N)CC(=O)O. The smallest absolute Gasteiger partial charge is 0.305 e. The first-order valence-electron chi connectivity index (χ1n) is 3.74. The summed E-state index contributed by atoms with van der Waals surface area (Å²) in [4.78, 5) is 10.4. The van der Waals surface area contributed by atoms with Crippen molar-refractivity contribution in [2.24, 2.45) is 5.73 Å². The second kappa shape index (κ2) is 4.64. The lowest BCUT2D eigenvalue weighted by atomic mass is 10.1. The van der Waals surface area contributed by atoms with Gasteiger partial charge in [0.25, 0.3) is 0 Å². The van der Waals surface area contributed by atoms with Gasteiger partial charge in [0.2, 0.25) is 0 Å². The van der Waals surface area contributed by atoms with Crippen LogP contribution in [0.1, 0.15) is 18.0 Å². The molecule has 0 saturated carbocycles. The fourth-order valence-electron chi connectivity index (χ4n) is 1.04. The number of nitrogens with two attached hydrogens (primary N) is 1. The Morgan fingerprint density at radius 3 is 3.08 bits per heavy atom. The van der Waals surface area contributed by atoms with Crippen LogP contribution in [0.25, 0.3) is 0 Å². The van der Waals surface area contributed by atoms with Gasteiger partial charge in [0.05, 0.1) is 10.6 Å². The Morgan fingerprint density at radius 2 is 2.54 bits per heavy atom. The van der Waals surface area contributed by atoms with Crippen LogP contribution in [0.5, 0.6) is 0 Å². The lowest BCUT2D eigenvalue weighted by molar-refractivity contribution is -0.137. The Morgan fingerprint density at radius 1 is 1.85 bits per heavy atom. The molecule has 0 aliphatic heterocycles. The van der Waals surface area contributed by atoms with Crippen LogP contribution in [-0.2, 0) is 4.79 Å². The maximum atomic E-state index is 10.4. The zero-order valence-corrected chi connectivity index (χ0v) is 8.82. The zero-order valence-electron chi connectivity index (χ0n) is 7.19. The normalized spacial score (nSPS) is 12.8. The van der Waals surface area contributed by atoms with Gasteiger partial charge in [0.15, 0.2) is 0 Å². The van der Waals surface area contributed by atoms with E-state index < -0.39 is 5.97 Å². The van der Waals surface area contributed by atoms with Gasteiger partial charge in [0, 0.05) is 6.04 Å². The molecule has 3 nitrogen and oxygen atoms in total. The van der Waals surface area contributed by atoms with Crippen molar-refractivity contribution in [2.45, 2.75) is 16.7 Å². The molecule has 1 aromatic rings. The van der Waals surface area contributed by atoms with Gasteiger partial charge in [-0.05, 0) is 23.3 Å². The van der Waals surface area contributed by atoms with Gasteiger partial charge in [-0.15, -0.1) is 23.1 Å². The highest BCUT2D eigenvalue weighted by Crippen LogP contribution is 2.31. The summed E-state index contributed by atoms with van der Waals surface area (Å²) in [7, 11) is 0. The third kappa shape index (κ3) is 2.72. The molecule has 72 valence electrons. The molecule has 0 aliphatic rings. The van der Waals surface area contributed by atoms with Crippen LogP contribution < -0.4 is 5.73 Å². The molecule has 1 atom stereocenters. The molecule has 0 spiro atoms. The minimum Gasteiger partial charge on any atom is -0.481 e. The lowest BCUT2D eigenvalue weighted by Gasteiger charge is -2.08. The second-order valence-corrected chi connectivity index (χ2v) is 4.56. The molecule has 13 heavy (non-hydrogen) atoms. The molecule has 0 fully saturated rings. The average Bonchev–Trinajstić information content (AvgIpc) is 2.49. The minimum absolute atomic E-state index is 0.00963. The van der Waals surface area contributed by atoms with Crippen molar-refractivity contribution in [1.29, 1.82) is 0 Å². The molecule has 1 aromatic heterocycles. The topological polar surface area (TPSA) is 63.3 Å². The van der Waals surface area contributed by atoms with Gasteiger partial charge >= 0.3 is 5.97 Å². The monoisotopic (exact) mass is 217 g/mol. The molecule has 3 N–H and O–H groups in total. The molecule has 0 aliphatic carbocycles. The van der Waals surface area contributed by atoms with E-state index in [1.54, 1.807) is 23.1 Å². The van der Waals surface area contributed by atoms with E-state index in [-0.39, 0.29) is 12.5 Å². The first kappa shape index (κ1) is 10.6. The van der Waals surface area contributed by atoms with Crippen LogP contribution >= 0.6 is 23.1 Å². The number of carbonyl (C=O) groups is 1. The van der Waals surface area contributed by atoms with Crippen LogP contribution in [0, 0.1) is 0 Å². The summed E-state index contributed by atoms with van der Waals surface area (Å²) in [5, 5.41) is 10.5. The Labute approximate surface area is 85.0 Å². The summed E-state index contributed by atoms with van der Waals surface area (Å²) in [6, 6.07) is 1.51. The molecule has 0 amide bonds. The maximum absolute atomic E-state index is 10.4. The van der Waals surface area contributed by atoms with E-state index in [9.17, 15) is 4.79 Å². The van der Waals surface area contributed by atoms with Crippen molar-refractivity contribution < 1.29 is 9.90 Å². The van der Waals surface area contributed by atoms with Gasteiger partial charge in [-0.3, -0.25) is 4.79 Å². The van der Waals surface area contributed by atoms with Crippen molar-refractivity contribution in [3.05, 3.63) is 17.0 Å². The van der Waals surface area contributed by atoms with E-state index in [2.05, 4.69) is 0 Å². The molecule has 0 aromatic carbocycles. The van der Waals surface area contributed by atoms with Gasteiger partial charge in [0.1, 0.15) is 0 Å². The summed E-state index contributed by atoms with van der Waals surface area (Å²) in [6.07, 6.45) is 1.95. The van der Waals surface area contributed by atoms with Gasteiger partial charge in [-0.25, -0.2) is 0 Å². The van der Waals surface area contributed by atoms with Gasteiger partial charge in [-0.1, -0.05) is 0 Å². The number of thioether (sulfide) groups is 1. The fourth-order valence-corrected chi connectivity index (χ4v) is 2.74. The third-order valence-corrected chi connectivity index (χ3v) is 3.75. The molecular formula is C8H11NO2S2. The Kier molecular flexibility index (Phi) is 3.77. The third-order valence-electron chi connectivity index (χ3n) is 1.64. The van der Waals surface area contributed by atoms with Crippen LogP contribution in [0.3, 0.4) is 0 Å². The van der Waals surface area contributed by atoms with E-state index in [4.69, 9.17) is 10.8 Å². The van der Waals surface area contributed by atoms with Crippen molar-refractivity contribution in [3.63, 3.8) is 0 Å². The lowest BCUT2D eigenvalue weighted by Crippen LogP contribution is -2.14. The van der Waals surface area contributed by atoms with Crippen LogP contribution in [0.4, 0.5) is 0 Å². The summed E-state index contributed by atoms with van der Waals surface area (Å²) < 4.78 is 1.11. The summed E-state index contributed by atoms with van der Waals surface area (Å²) in [5.41, 5.74) is 6.67. The van der Waals surface area contributed by atoms with E-state index in [1.165, 1.54) is 0 Å². The number of hydrogen-bond donors (Lipinski definition) is 2. The maximum Gasteiger partial charge on any atom is 0.305 e. The molecule has 5 heteroatoms. The quantitative estimate of drug-likeness (QED) is 0.757. The highest BCUT2D eigenvalue weighted by molar-refractivity contribution is 8.00. The largest absolute Gasteiger partial charge is 0.481 e. The van der Waals surface area contributed by atoms with Crippen LogP contribution in [0.2, 0.25) is 0 Å². The predicted octanol–water partition coefficient (Wildman–Crippen LogP) is 1.94. The molecule has 0 radical (unpaired) electrons. The van der Waals surface area contributed by atoms with Crippen molar-refractivity contribution in [3.8, 4) is 0 Å². The van der Waals surface area contributed by atoms with E-state index in [0.29, 0.717) is 0 Å². The van der Waals surface area contributed by atoms with E-state index >= 15 is 0 Å². The molecule has 1 heterocycles. The first-order chi connectivity index (χ1) is 6.15. The highest BCUT2D eigenvalue weighted by Gasteiger charge is 2.14. The molecular weight excluding hydrogens is 206 g/mol. The summed E-state index contributed by atoms with van der Waals surface area (Å²) >= 11 is 3.20. The number of rotatable bonds is 4. The second-order valence-electron chi connectivity index (χ2n) is 2.57. The van der Waals surface area contributed by atoms with Crippen molar-refractivity contribution in [1.82, 2.24) is 0 Å². The Bertz CT molecular complexity index is 298. The van der Waals surface area contributed by atoms with Crippen molar-refractivity contribution >= 4 is 29.1 Å². The number of thiophene rings is 1. The van der Waals surface area contributed by atoms with Gasteiger partial charge in [-0.2, -0.15) is 0 Å². The molecule has 1 rings (SSSR count). The zero-order chi connectivity index (χ0) is 9.84. The fraction of sp³-hybridized carbons (Fsp3) is 0.375. The molecule has 0 saturated heterocycles. The Hall–Kier alpha value is -0.520. The molecule has 1 unspecified atom stereocenters. The number of hydrogen-bond acceptors (Lipinski definition) is 4. The van der Waals surface area contributed by atoms with Crippen LogP contribution in [-0.4, -0.2) is 17.3 Å². The first-order valence-corrected chi connectivity index (χ1v) is 5.84. The minimum atomic E-state index is -0.856. The number of aliphatic carboxylic acids is 1. The number of carboxylic acids is 1. The standard InChI is InChI=1S/C8H11NO2S2/c1-12-8-5(2-3-13-8)6(9)4-7(10)11/h2-3,6H,4,9H2,1H3,(H,10,11). The van der Waals surface area contributed by atoms with Gasteiger partial charge < -0.3 is 10.8 Å². The average molecular weight is 217 g/mol. The molecule has 0 bridgehead atoms.